The average Bonchev–Trinajstić information content (AvgIpc) is 2.59. The minimum Gasteiger partial charge on any atom is -0.491 e. The SMILES string of the molecule is CCNCCOCCOCCOCCOc1ccc(NC)cc1. The van der Waals surface area contributed by atoms with Gasteiger partial charge >= 0.3 is 0 Å². The van der Waals surface area contributed by atoms with Crippen LogP contribution in [-0.4, -0.2) is 66.4 Å². The number of rotatable bonds is 15. The first kappa shape index (κ1) is 19.7. The summed E-state index contributed by atoms with van der Waals surface area (Å²) >= 11 is 0. The maximum absolute atomic E-state index is 5.58. The first-order valence-electron chi connectivity index (χ1n) is 8.21. The third-order valence-electron chi connectivity index (χ3n) is 3.06. The topological polar surface area (TPSA) is 61.0 Å². The molecule has 0 aliphatic rings. The Labute approximate surface area is 139 Å². The lowest BCUT2D eigenvalue weighted by molar-refractivity contribution is 0.00989. The molecule has 1 rings (SSSR count). The van der Waals surface area contributed by atoms with E-state index in [2.05, 4.69) is 17.6 Å². The molecule has 0 radical (unpaired) electrons. The Morgan fingerprint density at radius 2 is 1.35 bits per heavy atom. The summed E-state index contributed by atoms with van der Waals surface area (Å²) in [6.07, 6.45) is 0. The number of benzene rings is 1. The molecule has 0 heterocycles. The standard InChI is InChI=1S/C17H30N2O4/c1-3-19-8-9-20-10-11-21-12-13-22-14-15-23-17-6-4-16(18-2)5-7-17/h4-7,18-19H,3,8-15H2,1-2H3. The summed E-state index contributed by atoms with van der Waals surface area (Å²) in [5.41, 5.74) is 1.07. The van der Waals surface area contributed by atoms with Gasteiger partial charge in [-0.2, -0.15) is 0 Å². The third kappa shape index (κ3) is 10.9. The predicted molar refractivity (Wildman–Crippen MR) is 92.5 cm³/mol. The first-order chi connectivity index (χ1) is 11.4. The monoisotopic (exact) mass is 326 g/mol. The quantitative estimate of drug-likeness (QED) is 0.479. The fourth-order valence-electron chi connectivity index (χ4n) is 1.80. The maximum Gasteiger partial charge on any atom is 0.119 e. The van der Waals surface area contributed by atoms with Crippen molar-refractivity contribution >= 4 is 5.69 Å². The first-order valence-corrected chi connectivity index (χ1v) is 8.21. The van der Waals surface area contributed by atoms with Crippen molar-refractivity contribution in [2.75, 3.05) is 71.7 Å². The molecule has 1 aromatic rings. The molecule has 0 atom stereocenters. The van der Waals surface area contributed by atoms with Crippen LogP contribution in [0.3, 0.4) is 0 Å². The van der Waals surface area contributed by atoms with Crippen LogP contribution in [0.1, 0.15) is 6.92 Å². The number of anilines is 1. The minimum atomic E-state index is 0.534. The zero-order valence-electron chi connectivity index (χ0n) is 14.3. The number of hydrogen-bond donors (Lipinski definition) is 2. The molecule has 0 unspecified atom stereocenters. The molecule has 6 heteroatoms. The molecule has 6 nitrogen and oxygen atoms in total. The third-order valence-corrected chi connectivity index (χ3v) is 3.06. The van der Waals surface area contributed by atoms with E-state index in [1.54, 1.807) is 0 Å². The summed E-state index contributed by atoms with van der Waals surface area (Å²) in [4.78, 5) is 0. The molecule has 23 heavy (non-hydrogen) atoms. The van der Waals surface area contributed by atoms with E-state index in [1.165, 1.54) is 0 Å². The van der Waals surface area contributed by atoms with Crippen LogP contribution in [-0.2, 0) is 14.2 Å². The Hall–Kier alpha value is -1.34. The van der Waals surface area contributed by atoms with E-state index in [0.717, 1.165) is 31.1 Å². The Morgan fingerprint density at radius 1 is 0.783 bits per heavy atom. The van der Waals surface area contributed by atoms with Gasteiger partial charge in [-0.1, -0.05) is 6.92 Å². The van der Waals surface area contributed by atoms with Gasteiger partial charge in [0.15, 0.2) is 0 Å². The second-order valence-electron chi connectivity index (χ2n) is 4.81. The van der Waals surface area contributed by atoms with Crippen molar-refractivity contribution in [3.63, 3.8) is 0 Å². The van der Waals surface area contributed by atoms with Crippen molar-refractivity contribution in [3.8, 4) is 5.75 Å². The number of likely N-dealkylation sites (N-methyl/N-ethyl adjacent to an activating group) is 1. The molecule has 2 N–H and O–H groups in total. The lowest BCUT2D eigenvalue weighted by Crippen LogP contribution is -2.20. The zero-order valence-corrected chi connectivity index (χ0v) is 14.3. The molecule has 0 spiro atoms. The smallest absolute Gasteiger partial charge is 0.119 e. The average molecular weight is 326 g/mol. The van der Waals surface area contributed by atoms with Crippen molar-refractivity contribution in [2.24, 2.45) is 0 Å². The Bertz CT molecular complexity index is 373. The van der Waals surface area contributed by atoms with Crippen LogP contribution in [0.4, 0.5) is 5.69 Å². The Kier molecular flexibility index (Phi) is 12.2. The second kappa shape index (κ2) is 14.3. The van der Waals surface area contributed by atoms with Gasteiger partial charge in [-0.25, -0.2) is 0 Å². The normalized spacial score (nSPS) is 10.7. The summed E-state index contributed by atoms with van der Waals surface area (Å²) < 4.78 is 21.8. The largest absolute Gasteiger partial charge is 0.491 e. The molecular weight excluding hydrogens is 296 g/mol. The molecule has 1 aromatic carbocycles. The highest BCUT2D eigenvalue weighted by Crippen LogP contribution is 2.14. The molecule has 132 valence electrons. The van der Waals surface area contributed by atoms with E-state index in [4.69, 9.17) is 18.9 Å². The van der Waals surface area contributed by atoms with Gasteiger partial charge in [0, 0.05) is 19.3 Å². The summed E-state index contributed by atoms with van der Waals surface area (Å²) in [5.74, 6) is 0.846. The Balaban J connectivity index is 1.82. The van der Waals surface area contributed by atoms with Crippen LogP contribution in [0, 0.1) is 0 Å². The highest BCUT2D eigenvalue weighted by atomic mass is 16.6. The van der Waals surface area contributed by atoms with E-state index < -0.39 is 0 Å². The van der Waals surface area contributed by atoms with Crippen molar-refractivity contribution in [2.45, 2.75) is 6.92 Å². The van der Waals surface area contributed by atoms with Crippen LogP contribution in [0.25, 0.3) is 0 Å². The van der Waals surface area contributed by atoms with Crippen LogP contribution in [0.5, 0.6) is 5.75 Å². The number of hydrogen-bond acceptors (Lipinski definition) is 6. The van der Waals surface area contributed by atoms with Gasteiger partial charge in [0.1, 0.15) is 12.4 Å². The Morgan fingerprint density at radius 3 is 1.91 bits per heavy atom. The lowest BCUT2D eigenvalue weighted by atomic mass is 10.3. The molecule has 0 aliphatic heterocycles. The molecule has 0 saturated heterocycles. The van der Waals surface area contributed by atoms with Crippen LogP contribution >= 0.6 is 0 Å². The molecular formula is C17H30N2O4. The lowest BCUT2D eigenvalue weighted by Gasteiger charge is -2.09. The van der Waals surface area contributed by atoms with Gasteiger partial charge in [-0.3, -0.25) is 0 Å². The zero-order chi connectivity index (χ0) is 16.6. The van der Waals surface area contributed by atoms with Crippen molar-refractivity contribution in [1.29, 1.82) is 0 Å². The van der Waals surface area contributed by atoms with Crippen molar-refractivity contribution < 1.29 is 18.9 Å². The van der Waals surface area contributed by atoms with Crippen LogP contribution in [0.15, 0.2) is 24.3 Å². The van der Waals surface area contributed by atoms with Crippen LogP contribution < -0.4 is 15.4 Å². The molecule has 0 fully saturated rings. The van der Waals surface area contributed by atoms with Crippen molar-refractivity contribution in [3.05, 3.63) is 24.3 Å². The van der Waals surface area contributed by atoms with E-state index in [0.29, 0.717) is 39.6 Å². The minimum absolute atomic E-state index is 0.534. The molecule has 0 amide bonds. The van der Waals surface area contributed by atoms with Gasteiger partial charge in [-0.15, -0.1) is 0 Å². The van der Waals surface area contributed by atoms with Gasteiger partial charge in [0.25, 0.3) is 0 Å². The van der Waals surface area contributed by atoms with Gasteiger partial charge in [0.2, 0.25) is 0 Å². The van der Waals surface area contributed by atoms with E-state index in [-0.39, 0.29) is 0 Å². The molecule has 0 saturated carbocycles. The molecule has 0 bridgehead atoms. The number of ether oxygens (including phenoxy) is 4. The maximum atomic E-state index is 5.58. The highest BCUT2D eigenvalue weighted by Gasteiger charge is 1.95. The number of nitrogens with one attached hydrogen (secondary N) is 2. The molecule has 0 aromatic heterocycles. The van der Waals surface area contributed by atoms with E-state index >= 15 is 0 Å². The van der Waals surface area contributed by atoms with Gasteiger partial charge < -0.3 is 29.6 Å². The summed E-state index contributed by atoms with van der Waals surface area (Å²) in [5, 5.41) is 6.26. The molecule has 0 aliphatic carbocycles. The predicted octanol–water partition coefficient (Wildman–Crippen LogP) is 1.77. The second-order valence-corrected chi connectivity index (χ2v) is 4.81. The van der Waals surface area contributed by atoms with Gasteiger partial charge in [-0.05, 0) is 30.8 Å². The summed E-state index contributed by atoms with van der Waals surface area (Å²) in [7, 11) is 1.89. The van der Waals surface area contributed by atoms with Gasteiger partial charge in [0.05, 0.1) is 39.6 Å². The summed E-state index contributed by atoms with van der Waals surface area (Å²) in [6, 6.07) is 7.82. The van der Waals surface area contributed by atoms with E-state index in [9.17, 15) is 0 Å². The fourth-order valence-corrected chi connectivity index (χ4v) is 1.80. The van der Waals surface area contributed by atoms with Crippen LogP contribution in [0.2, 0.25) is 0 Å². The highest BCUT2D eigenvalue weighted by molar-refractivity contribution is 5.45. The van der Waals surface area contributed by atoms with Crippen molar-refractivity contribution in [1.82, 2.24) is 5.32 Å². The summed E-state index contributed by atoms with van der Waals surface area (Å²) in [6.45, 7) is 8.12. The fraction of sp³-hybridized carbons (Fsp3) is 0.647. The van der Waals surface area contributed by atoms with E-state index in [1.807, 2.05) is 31.3 Å².